The van der Waals surface area contributed by atoms with Crippen molar-refractivity contribution in [3.8, 4) is 0 Å². The predicted molar refractivity (Wildman–Crippen MR) is 76.8 cm³/mol. The Morgan fingerprint density at radius 3 is 2.78 bits per heavy atom. The number of aromatic nitrogens is 2. The van der Waals surface area contributed by atoms with Crippen LogP contribution in [-0.4, -0.2) is 32.7 Å². The Bertz CT molecular complexity index is 423. The second kappa shape index (κ2) is 7.16. The number of aliphatic carboxylic acids is 1. The summed E-state index contributed by atoms with van der Waals surface area (Å²) in [6, 6.07) is -0.808. The first-order valence-corrected chi connectivity index (χ1v) is 7.76. The summed E-state index contributed by atoms with van der Waals surface area (Å²) >= 11 is 5.07. The number of halogens is 1. The second-order valence-corrected chi connectivity index (χ2v) is 5.66. The van der Waals surface area contributed by atoms with Crippen molar-refractivity contribution in [2.45, 2.75) is 38.6 Å². The maximum absolute atomic E-state index is 10.6. The van der Waals surface area contributed by atoms with Gasteiger partial charge in [0.2, 0.25) is 0 Å². The number of hydrogen-bond donors (Lipinski definition) is 2. The van der Waals surface area contributed by atoms with Crippen molar-refractivity contribution in [3.05, 3.63) is 15.9 Å². The third kappa shape index (κ3) is 3.73. The van der Waals surface area contributed by atoms with Crippen LogP contribution in [0.2, 0.25) is 0 Å². The molecule has 18 heavy (non-hydrogen) atoms. The lowest BCUT2D eigenvalue weighted by molar-refractivity contribution is -0.137. The Kier molecular flexibility index (Phi) is 6.17. The van der Waals surface area contributed by atoms with Crippen LogP contribution in [0, 0.1) is 0 Å². The average molecular weight is 336 g/mol. The van der Waals surface area contributed by atoms with E-state index in [9.17, 15) is 4.79 Å². The van der Waals surface area contributed by atoms with Crippen LogP contribution >= 0.6 is 27.7 Å². The standard InChI is InChI=1S/C11H18BrN3O2S/c1-3-8-10(12)9(15(4-2)14-8)6-18-5-7(13)11(16)17/h7H,3-6,13H2,1-2H3,(H,16,17). The van der Waals surface area contributed by atoms with E-state index in [4.69, 9.17) is 10.8 Å². The molecule has 1 unspecified atom stereocenters. The number of nitrogens with zero attached hydrogens (tertiary/aromatic N) is 2. The third-order valence-electron chi connectivity index (χ3n) is 2.55. The molecule has 1 aromatic heterocycles. The van der Waals surface area contributed by atoms with Gasteiger partial charge in [-0.2, -0.15) is 16.9 Å². The van der Waals surface area contributed by atoms with Crippen molar-refractivity contribution in [1.82, 2.24) is 9.78 Å². The monoisotopic (exact) mass is 335 g/mol. The van der Waals surface area contributed by atoms with E-state index in [-0.39, 0.29) is 0 Å². The number of carboxylic acid groups (broad SMARTS) is 1. The summed E-state index contributed by atoms with van der Waals surface area (Å²) in [5.41, 5.74) is 7.60. The molecule has 3 N–H and O–H groups in total. The van der Waals surface area contributed by atoms with E-state index < -0.39 is 12.0 Å². The van der Waals surface area contributed by atoms with Gasteiger partial charge in [-0.3, -0.25) is 9.48 Å². The number of carboxylic acids is 1. The fourth-order valence-corrected chi connectivity index (χ4v) is 3.40. The molecule has 1 atom stereocenters. The van der Waals surface area contributed by atoms with Crippen LogP contribution in [0.15, 0.2) is 4.47 Å². The highest BCUT2D eigenvalue weighted by Crippen LogP contribution is 2.26. The Morgan fingerprint density at radius 1 is 1.61 bits per heavy atom. The molecule has 5 nitrogen and oxygen atoms in total. The van der Waals surface area contributed by atoms with Crippen molar-refractivity contribution >= 4 is 33.7 Å². The van der Waals surface area contributed by atoms with Crippen molar-refractivity contribution in [1.29, 1.82) is 0 Å². The van der Waals surface area contributed by atoms with E-state index in [0.29, 0.717) is 11.5 Å². The largest absolute Gasteiger partial charge is 0.480 e. The molecule has 102 valence electrons. The van der Waals surface area contributed by atoms with Crippen LogP contribution in [-0.2, 0) is 23.5 Å². The zero-order valence-corrected chi connectivity index (χ0v) is 12.9. The molecular weight excluding hydrogens is 318 g/mol. The molecule has 1 rings (SSSR count). The molecular formula is C11H18BrN3O2S. The first-order chi connectivity index (χ1) is 8.51. The first-order valence-electron chi connectivity index (χ1n) is 5.81. The first kappa shape index (κ1) is 15.5. The molecule has 0 aliphatic heterocycles. The fourth-order valence-electron chi connectivity index (χ4n) is 1.51. The van der Waals surface area contributed by atoms with Gasteiger partial charge in [0.05, 0.1) is 15.9 Å². The molecule has 0 radical (unpaired) electrons. The maximum atomic E-state index is 10.6. The highest BCUT2D eigenvalue weighted by molar-refractivity contribution is 9.10. The molecule has 0 fully saturated rings. The summed E-state index contributed by atoms with van der Waals surface area (Å²) in [5.74, 6) is 0.153. The normalized spacial score (nSPS) is 12.7. The molecule has 0 aliphatic rings. The number of hydrogen-bond acceptors (Lipinski definition) is 4. The van der Waals surface area contributed by atoms with Gasteiger partial charge in [-0.1, -0.05) is 6.92 Å². The molecule has 1 aromatic rings. The van der Waals surface area contributed by atoms with Crippen molar-refractivity contribution in [2.24, 2.45) is 5.73 Å². The highest BCUT2D eigenvalue weighted by Gasteiger charge is 2.16. The summed E-state index contributed by atoms with van der Waals surface area (Å²) in [6.45, 7) is 4.90. The van der Waals surface area contributed by atoms with Crippen molar-refractivity contribution in [2.75, 3.05) is 5.75 Å². The number of rotatable bonds is 7. The van der Waals surface area contributed by atoms with Crippen LogP contribution < -0.4 is 5.73 Å². The minimum absolute atomic E-state index is 0.401. The van der Waals surface area contributed by atoms with Gasteiger partial charge in [0.25, 0.3) is 0 Å². The van der Waals surface area contributed by atoms with Crippen LogP contribution in [0.5, 0.6) is 0 Å². The molecule has 0 bridgehead atoms. The Morgan fingerprint density at radius 2 is 2.28 bits per heavy atom. The van der Waals surface area contributed by atoms with Gasteiger partial charge in [-0.05, 0) is 29.3 Å². The molecule has 1 heterocycles. The molecule has 0 aromatic carbocycles. The lowest BCUT2D eigenvalue weighted by Gasteiger charge is -2.07. The fraction of sp³-hybridized carbons (Fsp3) is 0.636. The van der Waals surface area contributed by atoms with Crippen molar-refractivity contribution < 1.29 is 9.90 Å². The Labute approximate surface area is 119 Å². The van der Waals surface area contributed by atoms with E-state index in [2.05, 4.69) is 28.0 Å². The Balaban J connectivity index is 2.66. The van der Waals surface area contributed by atoms with E-state index in [1.54, 1.807) is 0 Å². The smallest absolute Gasteiger partial charge is 0.321 e. The van der Waals surface area contributed by atoms with Crippen LogP contribution in [0.25, 0.3) is 0 Å². The highest BCUT2D eigenvalue weighted by atomic mass is 79.9. The average Bonchev–Trinajstić information content (AvgIpc) is 2.65. The number of nitrogens with two attached hydrogens (primary N) is 1. The molecule has 0 amide bonds. The van der Waals surface area contributed by atoms with E-state index >= 15 is 0 Å². The SMILES string of the molecule is CCc1nn(CC)c(CSCC(N)C(=O)O)c1Br. The van der Waals surface area contributed by atoms with Crippen molar-refractivity contribution in [3.63, 3.8) is 0 Å². The summed E-state index contributed by atoms with van der Waals surface area (Å²) < 4.78 is 2.98. The quantitative estimate of drug-likeness (QED) is 0.794. The zero-order chi connectivity index (χ0) is 13.7. The zero-order valence-electron chi connectivity index (χ0n) is 10.5. The Hall–Kier alpha value is -0.530. The van der Waals surface area contributed by atoms with Crippen LogP contribution in [0.1, 0.15) is 25.2 Å². The maximum Gasteiger partial charge on any atom is 0.321 e. The van der Waals surface area contributed by atoms with Gasteiger partial charge in [-0.25, -0.2) is 0 Å². The van der Waals surface area contributed by atoms with E-state index in [1.807, 2.05) is 11.6 Å². The summed E-state index contributed by atoms with van der Waals surface area (Å²) in [7, 11) is 0. The summed E-state index contributed by atoms with van der Waals surface area (Å²) in [5, 5.41) is 13.2. The number of carbonyl (C=O) groups is 1. The van der Waals surface area contributed by atoms with Gasteiger partial charge >= 0.3 is 5.97 Å². The van der Waals surface area contributed by atoms with Gasteiger partial charge in [-0.15, -0.1) is 0 Å². The molecule has 0 spiro atoms. The lowest BCUT2D eigenvalue weighted by Crippen LogP contribution is -2.32. The lowest BCUT2D eigenvalue weighted by atomic mass is 10.3. The number of aryl methyl sites for hydroxylation is 2. The summed E-state index contributed by atoms with van der Waals surface area (Å²) in [4.78, 5) is 10.6. The van der Waals surface area contributed by atoms with Gasteiger partial charge < -0.3 is 10.8 Å². The third-order valence-corrected chi connectivity index (χ3v) is 4.54. The summed E-state index contributed by atoms with van der Waals surface area (Å²) in [6.07, 6.45) is 0.875. The molecule has 0 saturated carbocycles. The molecule has 0 saturated heterocycles. The topological polar surface area (TPSA) is 81.1 Å². The molecule has 7 heteroatoms. The second-order valence-electron chi connectivity index (χ2n) is 3.84. The van der Waals surface area contributed by atoms with Gasteiger partial charge in [0.15, 0.2) is 0 Å². The van der Waals surface area contributed by atoms with Crippen LogP contribution in [0.3, 0.4) is 0 Å². The van der Waals surface area contributed by atoms with Gasteiger partial charge in [0, 0.05) is 18.1 Å². The van der Waals surface area contributed by atoms with E-state index in [0.717, 1.165) is 28.8 Å². The number of thioether (sulfide) groups is 1. The molecule has 0 aliphatic carbocycles. The minimum atomic E-state index is -0.959. The predicted octanol–water partition coefficient (Wildman–Crippen LogP) is 1.87. The van der Waals surface area contributed by atoms with E-state index in [1.165, 1.54) is 11.8 Å². The van der Waals surface area contributed by atoms with Gasteiger partial charge in [0.1, 0.15) is 6.04 Å². The van der Waals surface area contributed by atoms with Crippen LogP contribution in [0.4, 0.5) is 0 Å². The minimum Gasteiger partial charge on any atom is -0.480 e.